The number of hydrogen-bond donors (Lipinski definition) is 0. The van der Waals surface area contributed by atoms with E-state index in [-0.39, 0.29) is 24.1 Å². The lowest BCUT2D eigenvalue weighted by molar-refractivity contribution is 0.145. The number of fused-ring (bicyclic) bond motifs is 1. The average Bonchev–Trinajstić information content (AvgIpc) is 2.75. The van der Waals surface area contributed by atoms with Gasteiger partial charge in [-0.25, -0.2) is 13.2 Å². The van der Waals surface area contributed by atoms with Crippen molar-refractivity contribution in [3.63, 3.8) is 0 Å². The zero-order valence-corrected chi connectivity index (χ0v) is 13.4. The van der Waals surface area contributed by atoms with E-state index in [0.717, 1.165) is 6.42 Å². The summed E-state index contributed by atoms with van der Waals surface area (Å²) in [6, 6.07) is 6.09. The number of pyridine rings is 1. The van der Waals surface area contributed by atoms with Crippen LogP contribution in [0.5, 0.6) is 5.75 Å². The molecule has 3 nitrogen and oxygen atoms in total. The van der Waals surface area contributed by atoms with Crippen LogP contribution < -0.4 is 4.74 Å². The van der Waals surface area contributed by atoms with Gasteiger partial charge in [0.1, 0.15) is 12.3 Å². The first kappa shape index (κ1) is 16.5. The molecule has 0 saturated heterocycles. The number of ether oxygens (including phenoxy) is 1. The zero-order chi connectivity index (χ0) is 17.3. The van der Waals surface area contributed by atoms with Crippen LogP contribution in [0.15, 0.2) is 35.5 Å². The Balaban J connectivity index is 2.15. The molecule has 126 valence electrons. The van der Waals surface area contributed by atoms with Crippen LogP contribution in [-0.4, -0.2) is 23.3 Å². The summed E-state index contributed by atoms with van der Waals surface area (Å²) in [6.45, 7) is 3.82. The second-order valence-electron chi connectivity index (χ2n) is 5.69. The quantitative estimate of drug-likeness (QED) is 0.830. The molecular formula is C18H17F3N2O. The number of halogens is 3. The molecule has 0 saturated carbocycles. The van der Waals surface area contributed by atoms with E-state index in [0.29, 0.717) is 22.4 Å². The number of aliphatic imine (C=N–C) groups is 1. The van der Waals surface area contributed by atoms with Crippen molar-refractivity contribution < 1.29 is 17.9 Å². The van der Waals surface area contributed by atoms with Crippen LogP contribution >= 0.6 is 0 Å². The van der Waals surface area contributed by atoms with Gasteiger partial charge in [-0.3, -0.25) is 9.98 Å². The first-order valence-corrected chi connectivity index (χ1v) is 7.75. The van der Waals surface area contributed by atoms with Crippen LogP contribution in [0.25, 0.3) is 0 Å². The van der Waals surface area contributed by atoms with Crippen LogP contribution in [-0.2, 0) is 0 Å². The van der Waals surface area contributed by atoms with Crippen molar-refractivity contribution in [1.29, 1.82) is 0 Å². The highest BCUT2D eigenvalue weighted by molar-refractivity contribution is 6.14. The Bertz CT molecular complexity index is 790. The molecule has 1 aromatic heterocycles. The Morgan fingerprint density at radius 2 is 2.12 bits per heavy atom. The molecule has 1 atom stereocenters. The van der Waals surface area contributed by atoms with Gasteiger partial charge in [0.05, 0.1) is 11.8 Å². The highest BCUT2D eigenvalue weighted by atomic mass is 19.3. The Hall–Kier alpha value is -2.37. The first-order valence-electron chi connectivity index (χ1n) is 7.75. The molecule has 0 unspecified atom stereocenters. The molecule has 0 radical (unpaired) electrons. The molecule has 1 aliphatic rings. The first-order chi connectivity index (χ1) is 11.5. The number of rotatable bonds is 3. The summed E-state index contributed by atoms with van der Waals surface area (Å²) in [7, 11) is 0. The van der Waals surface area contributed by atoms with Gasteiger partial charge in [-0.05, 0) is 37.1 Å². The average molecular weight is 334 g/mol. The summed E-state index contributed by atoms with van der Waals surface area (Å²) >= 11 is 0. The summed E-state index contributed by atoms with van der Waals surface area (Å²) in [6.07, 6.45) is -0.549. The monoisotopic (exact) mass is 334 g/mol. The summed E-state index contributed by atoms with van der Waals surface area (Å²) in [4.78, 5) is 8.52. The molecule has 6 heteroatoms. The lowest BCUT2D eigenvalue weighted by atomic mass is 10.0. The highest BCUT2D eigenvalue weighted by Crippen LogP contribution is 2.30. The highest BCUT2D eigenvalue weighted by Gasteiger charge is 2.23. The van der Waals surface area contributed by atoms with Crippen molar-refractivity contribution in [2.45, 2.75) is 32.7 Å². The second-order valence-corrected chi connectivity index (χ2v) is 5.69. The van der Waals surface area contributed by atoms with E-state index < -0.39 is 12.2 Å². The smallest absolute Gasteiger partial charge is 0.280 e. The molecule has 0 N–H and O–H groups in total. The lowest BCUT2D eigenvalue weighted by Gasteiger charge is -2.12. The van der Waals surface area contributed by atoms with Gasteiger partial charge in [-0.2, -0.15) is 0 Å². The van der Waals surface area contributed by atoms with Crippen molar-refractivity contribution in [2.24, 2.45) is 4.99 Å². The van der Waals surface area contributed by atoms with Gasteiger partial charge >= 0.3 is 0 Å². The number of nitrogens with zero attached hydrogens (tertiary/aromatic N) is 2. The third-order valence-corrected chi connectivity index (χ3v) is 4.02. The van der Waals surface area contributed by atoms with Crippen molar-refractivity contribution in [3.8, 4) is 5.75 Å². The van der Waals surface area contributed by atoms with E-state index >= 15 is 0 Å². The zero-order valence-electron chi connectivity index (χ0n) is 13.4. The minimum absolute atomic E-state index is 0.137. The van der Waals surface area contributed by atoms with E-state index in [1.807, 2.05) is 6.92 Å². The molecule has 0 spiro atoms. The number of benzene rings is 1. The Labute approximate surface area is 138 Å². The molecule has 0 bridgehead atoms. The van der Waals surface area contributed by atoms with Crippen LogP contribution in [0.3, 0.4) is 0 Å². The molecule has 2 heterocycles. The maximum Gasteiger partial charge on any atom is 0.280 e. The van der Waals surface area contributed by atoms with Crippen molar-refractivity contribution in [3.05, 3.63) is 58.7 Å². The van der Waals surface area contributed by atoms with E-state index in [1.165, 1.54) is 12.3 Å². The normalized spacial score (nSPS) is 17.1. The van der Waals surface area contributed by atoms with Gasteiger partial charge in [0.2, 0.25) is 0 Å². The largest absolute Gasteiger partial charge is 0.488 e. The SMILES string of the molecule is CC[C@H]1COc2c(F)cccc2C(c2cnc(C(F)F)c(C)c2)=N1. The van der Waals surface area contributed by atoms with Crippen molar-refractivity contribution in [1.82, 2.24) is 4.98 Å². The van der Waals surface area contributed by atoms with E-state index in [2.05, 4.69) is 9.98 Å². The van der Waals surface area contributed by atoms with Crippen molar-refractivity contribution >= 4 is 5.71 Å². The Morgan fingerprint density at radius 1 is 1.33 bits per heavy atom. The summed E-state index contributed by atoms with van der Waals surface area (Å²) in [5.41, 5.74) is 1.73. The molecule has 0 fully saturated rings. The van der Waals surface area contributed by atoms with Gasteiger partial charge in [-0.15, -0.1) is 0 Å². The predicted octanol–water partition coefficient (Wildman–Crippen LogP) is 4.48. The fourth-order valence-electron chi connectivity index (χ4n) is 2.69. The van der Waals surface area contributed by atoms with Crippen LogP contribution in [0, 0.1) is 12.7 Å². The summed E-state index contributed by atoms with van der Waals surface area (Å²) < 4.78 is 45.5. The molecule has 1 aliphatic heterocycles. The number of para-hydroxylation sites is 1. The topological polar surface area (TPSA) is 34.5 Å². The van der Waals surface area contributed by atoms with Gasteiger partial charge < -0.3 is 4.74 Å². The molecule has 24 heavy (non-hydrogen) atoms. The number of aromatic nitrogens is 1. The molecule has 2 aromatic rings. The molecular weight excluding hydrogens is 317 g/mol. The van der Waals surface area contributed by atoms with Crippen LogP contribution in [0.2, 0.25) is 0 Å². The minimum atomic E-state index is -2.63. The van der Waals surface area contributed by atoms with Crippen LogP contribution in [0.1, 0.15) is 42.2 Å². The van der Waals surface area contributed by atoms with Crippen molar-refractivity contribution in [2.75, 3.05) is 6.61 Å². The predicted molar refractivity (Wildman–Crippen MR) is 85.5 cm³/mol. The van der Waals surface area contributed by atoms with Gasteiger partial charge in [0.25, 0.3) is 6.43 Å². The Kier molecular flexibility index (Phi) is 4.55. The minimum Gasteiger partial charge on any atom is -0.488 e. The van der Waals surface area contributed by atoms with Gasteiger partial charge in [0, 0.05) is 17.3 Å². The molecule has 0 amide bonds. The van der Waals surface area contributed by atoms with E-state index in [4.69, 9.17) is 4.74 Å². The molecule has 1 aromatic carbocycles. The third-order valence-electron chi connectivity index (χ3n) is 4.02. The lowest BCUT2D eigenvalue weighted by Crippen LogP contribution is -2.14. The third kappa shape index (κ3) is 3.00. The number of alkyl halides is 2. The van der Waals surface area contributed by atoms with E-state index in [9.17, 15) is 13.2 Å². The maximum atomic E-state index is 14.1. The Morgan fingerprint density at radius 3 is 2.79 bits per heavy atom. The number of hydrogen-bond acceptors (Lipinski definition) is 3. The number of aryl methyl sites for hydroxylation is 1. The summed E-state index contributed by atoms with van der Waals surface area (Å²) in [5.74, 6) is -0.325. The standard InChI is InChI=1S/C18H17F3N2O/c1-3-12-9-24-17-13(5-4-6-14(17)19)16(23-12)11-7-10(2)15(18(20)21)22-8-11/h4-8,12,18H,3,9H2,1-2H3/t12-/m0/s1. The second kappa shape index (κ2) is 6.63. The molecule has 3 rings (SSSR count). The van der Waals surface area contributed by atoms with Gasteiger partial charge in [0.15, 0.2) is 11.6 Å². The van der Waals surface area contributed by atoms with E-state index in [1.54, 1.807) is 25.1 Å². The molecule has 0 aliphatic carbocycles. The fraction of sp³-hybridized carbons (Fsp3) is 0.333. The maximum absolute atomic E-state index is 14.1. The fourth-order valence-corrected chi connectivity index (χ4v) is 2.69. The summed E-state index contributed by atoms with van der Waals surface area (Å²) in [5, 5.41) is 0. The van der Waals surface area contributed by atoms with Gasteiger partial charge in [-0.1, -0.05) is 13.0 Å². The van der Waals surface area contributed by atoms with Crippen LogP contribution in [0.4, 0.5) is 13.2 Å².